The van der Waals surface area contributed by atoms with Gasteiger partial charge < -0.3 is 10.8 Å². The number of carboxylic acid groups (broad SMARTS) is 1. The Morgan fingerprint density at radius 1 is 1.43 bits per heavy atom. The number of pyridine rings is 1. The molecular weight excluding hydrogens is 272 g/mol. The Morgan fingerprint density at radius 3 is 2.81 bits per heavy atom. The first-order valence-corrected chi connectivity index (χ1v) is 5.74. The predicted molar refractivity (Wildman–Crippen MR) is 77.3 cm³/mol. The number of aromatic carboxylic acids is 1. The molecule has 104 valence electrons. The van der Waals surface area contributed by atoms with Crippen molar-refractivity contribution in [3.63, 3.8) is 0 Å². The fraction of sp³-hybridized carbons (Fsp3) is 0. The molecule has 0 radical (unpaired) electrons. The standard InChI is InChI=1S/C13H10N6O2/c14-6-10(12(15)16)19-18-8-3-1-2-7-4-5-9(13(20)21)17-11(7)8/h1-5,18H,(H3,15,16)(H,20,21)/b19-10+. The zero-order chi connectivity index (χ0) is 15.4. The topological polar surface area (TPSA) is 148 Å². The van der Waals surface area contributed by atoms with E-state index < -0.39 is 11.8 Å². The Balaban J connectivity index is 2.49. The summed E-state index contributed by atoms with van der Waals surface area (Å²) in [7, 11) is 0. The van der Waals surface area contributed by atoms with E-state index in [9.17, 15) is 4.79 Å². The molecule has 0 spiro atoms. The second-order valence-electron chi connectivity index (χ2n) is 3.98. The number of para-hydroxylation sites is 1. The highest BCUT2D eigenvalue weighted by Gasteiger charge is 2.09. The van der Waals surface area contributed by atoms with Gasteiger partial charge >= 0.3 is 5.97 Å². The highest BCUT2D eigenvalue weighted by molar-refractivity contribution is 6.45. The Morgan fingerprint density at radius 2 is 2.19 bits per heavy atom. The van der Waals surface area contributed by atoms with E-state index in [1.165, 1.54) is 6.07 Å². The van der Waals surface area contributed by atoms with E-state index in [-0.39, 0.29) is 11.4 Å². The summed E-state index contributed by atoms with van der Waals surface area (Å²) in [6.45, 7) is 0. The zero-order valence-electron chi connectivity index (χ0n) is 10.7. The van der Waals surface area contributed by atoms with E-state index in [1.54, 1.807) is 30.3 Å². The van der Waals surface area contributed by atoms with Crippen LogP contribution in [0.5, 0.6) is 0 Å². The van der Waals surface area contributed by atoms with E-state index in [1.807, 2.05) is 0 Å². The van der Waals surface area contributed by atoms with Gasteiger partial charge in [0.2, 0.25) is 5.71 Å². The van der Waals surface area contributed by atoms with Crippen LogP contribution in [-0.4, -0.2) is 27.6 Å². The molecule has 8 heteroatoms. The van der Waals surface area contributed by atoms with Crippen LogP contribution in [0.25, 0.3) is 10.9 Å². The first-order valence-electron chi connectivity index (χ1n) is 5.74. The van der Waals surface area contributed by atoms with Crippen molar-refractivity contribution in [2.75, 3.05) is 5.43 Å². The minimum atomic E-state index is -1.14. The summed E-state index contributed by atoms with van der Waals surface area (Å²) in [5.74, 6) is -1.61. The normalized spacial score (nSPS) is 10.9. The Kier molecular flexibility index (Phi) is 3.76. The Bertz CT molecular complexity index is 806. The van der Waals surface area contributed by atoms with Crippen LogP contribution in [0.3, 0.4) is 0 Å². The van der Waals surface area contributed by atoms with Crippen LogP contribution < -0.4 is 11.2 Å². The molecule has 0 atom stereocenters. The van der Waals surface area contributed by atoms with Gasteiger partial charge in [0.15, 0.2) is 5.84 Å². The van der Waals surface area contributed by atoms with Crippen LogP contribution in [0.2, 0.25) is 0 Å². The van der Waals surface area contributed by atoms with Gasteiger partial charge in [-0.05, 0) is 12.1 Å². The minimum Gasteiger partial charge on any atom is -0.477 e. The average molecular weight is 282 g/mol. The molecular formula is C13H10N6O2. The van der Waals surface area contributed by atoms with E-state index in [4.69, 9.17) is 21.5 Å². The molecule has 0 aliphatic rings. The number of hydrogen-bond acceptors (Lipinski definition) is 6. The van der Waals surface area contributed by atoms with Gasteiger partial charge in [-0.15, -0.1) is 0 Å². The number of nitrogens with one attached hydrogen (secondary N) is 2. The van der Waals surface area contributed by atoms with Gasteiger partial charge in [-0.25, -0.2) is 9.78 Å². The number of hydrazone groups is 1. The van der Waals surface area contributed by atoms with Crippen LogP contribution in [-0.2, 0) is 0 Å². The molecule has 0 saturated carbocycles. The average Bonchev–Trinajstić information content (AvgIpc) is 2.47. The largest absolute Gasteiger partial charge is 0.477 e. The second-order valence-corrected chi connectivity index (χ2v) is 3.98. The molecule has 0 aliphatic heterocycles. The van der Waals surface area contributed by atoms with Crippen LogP contribution in [0.15, 0.2) is 35.4 Å². The Labute approximate surface area is 119 Å². The Hall–Kier alpha value is -3.47. The molecule has 0 aliphatic carbocycles. The molecule has 0 bridgehead atoms. The third-order valence-electron chi connectivity index (χ3n) is 2.59. The first kappa shape index (κ1) is 14.0. The maximum Gasteiger partial charge on any atom is 0.354 e. The number of carboxylic acids is 1. The van der Waals surface area contributed by atoms with Crippen molar-refractivity contribution in [2.45, 2.75) is 0 Å². The number of carbonyl (C=O) groups is 1. The molecule has 1 heterocycles. The summed E-state index contributed by atoms with van der Waals surface area (Å²) < 4.78 is 0. The maximum atomic E-state index is 11.0. The monoisotopic (exact) mass is 282 g/mol. The van der Waals surface area contributed by atoms with Gasteiger partial charge in [-0.2, -0.15) is 10.4 Å². The molecule has 21 heavy (non-hydrogen) atoms. The molecule has 1 aromatic carbocycles. The molecule has 8 nitrogen and oxygen atoms in total. The van der Waals surface area contributed by atoms with Crippen molar-refractivity contribution in [3.8, 4) is 6.07 Å². The lowest BCUT2D eigenvalue weighted by molar-refractivity contribution is 0.0691. The maximum absolute atomic E-state index is 11.0. The summed E-state index contributed by atoms with van der Waals surface area (Å²) in [5, 5.41) is 29.3. The van der Waals surface area contributed by atoms with Crippen LogP contribution in [0.4, 0.5) is 5.69 Å². The van der Waals surface area contributed by atoms with Gasteiger partial charge in [0.25, 0.3) is 0 Å². The highest BCUT2D eigenvalue weighted by Crippen LogP contribution is 2.21. The minimum absolute atomic E-state index is 0.104. The lowest BCUT2D eigenvalue weighted by atomic mass is 10.2. The summed E-state index contributed by atoms with van der Waals surface area (Å²) in [5.41, 5.74) is 8.18. The number of nitriles is 1. The molecule has 5 N–H and O–H groups in total. The third kappa shape index (κ3) is 2.93. The number of nitrogens with two attached hydrogens (primary N) is 1. The van der Waals surface area contributed by atoms with E-state index in [0.29, 0.717) is 16.6 Å². The summed E-state index contributed by atoms with van der Waals surface area (Å²) in [6.07, 6.45) is 0. The molecule has 0 fully saturated rings. The zero-order valence-corrected chi connectivity index (χ0v) is 10.7. The lowest BCUT2D eigenvalue weighted by Gasteiger charge is -2.06. The van der Waals surface area contributed by atoms with E-state index in [0.717, 1.165) is 0 Å². The number of anilines is 1. The number of nitrogens with zero attached hydrogens (tertiary/aromatic N) is 3. The first-order chi connectivity index (χ1) is 10.0. The molecule has 2 rings (SSSR count). The summed E-state index contributed by atoms with van der Waals surface area (Å²) in [4.78, 5) is 15.0. The predicted octanol–water partition coefficient (Wildman–Crippen LogP) is 1.16. The van der Waals surface area contributed by atoms with Crippen molar-refractivity contribution in [3.05, 3.63) is 36.0 Å². The van der Waals surface area contributed by atoms with Crippen molar-refractivity contribution in [2.24, 2.45) is 10.8 Å². The molecule has 0 saturated heterocycles. The lowest BCUT2D eigenvalue weighted by Crippen LogP contribution is -2.21. The molecule has 0 unspecified atom stereocenters. The van der Waals surface area contributed by atoms with E-state index in [2.05, 4.69) is 15.5 Å². The fourth-order valence-electron chi connectivity index (χ4n) is 1.62. The van der Waals surface area contributed by atoms with Gasteiger partial charge in [0.05, 0.1) is 11.2 Å². The molecule has 1 aromatic heterocycles. The van der Waals surface area contributed by atoms with Crippen molar-refractivity contribution < 1.29 is 9.90 Å². The van der Waals surface area contributed by atoms with Gasteiger partial charge in [0.1, 0.15) is 11.8 Å². The van der Waals surface area contributed by atoms with Crippen molar-refractivity contribution >= 4 is 34.1 Å². The fourth-order valence-corrected chi connectivity index (χ4v) is 1.62. The highest BCUT2D eigenvalue weighted by atomic mass is 16.4. The quantitative estimate of drug-likeness (QED) is 0.375. The number of aromatic nitrogens is 1. The number of hydrogen-bond donors (Lipinski definition) is 4. The third-order valence-corrected chi connectivity index (χ3v) is 2.59. The number of amidine groups is 1. The number of rotatable bonds is 4. The van der Waals surface area contributed by atoms with Crippen LogP contribution in [0.1, 0.15) is 10.5 Å². The van der Waals surface area contributed by atoms with Gasteiger partial charge in [0, 0.05) is 5.39 Å². The van der Waals surface area contributed by atoms with Crippen molar-refractivity contribution in [1.82, 2.24) is 4.98 Å². The van der Waals surface area contributed by atoms with Gasteiger partial charge in [-0.1, -0.05) is 18.2 Å². The second kappa shape index (κ2) is 5.66. The smallest absolute Gasteiger partial charge is 0.354 e. The van der Waals surface area contributed by atoms with Gasteiger partial charge in [-0.3, -0.25) is 10.8 Å². The SMILES string of the molecule is N#C/C(=N\Nc1cccc2ccc(C(=O)O)nc12)C(=N)N. The van der Waals surface area contributed by atoms with E-state index >= 15 is 0 Å². The molecule has 2 aromatic rings. The summed E-state index contributed by atoms with van der Waals surface area (Å²) in [6, 6.07) is 9.80. The van der Waals surface area contributed by atoms with Crippen molar-refractivity contribution in [1.29, 1.82) is 10.7 Å². The van der Waals surface area contributed by atoms with Crippen LogP contribution >= 0.6 is 0 Å². The number of benzene rings is 1. The summed E-state index contributed by atoms with van der Waals surface area (Å²) >= 11 is 0. The molecule has 0 amide bonds. The van der Waals surface area contributed by atoms with Crippen LogP contribution in [0, 0.1) is 16.7 Å². The number of fused-ring (bicyclic) bond motifs is 1.